The van der Waals surface area contributed by atoms with E-state index in [9.17, 15) is 0 Å². The van der Waals surface area contributed by atoms with Crippen LogP contribution in [-0.4, -0.2) is 655 Å². The van der Waals surface area contributed by atoms with E-state index in [4.69, 9.17) is 0 Å². The van der Waals surface area contributed by atoms with Crippen LogP contribution in [0.15, 0.2) is 0 Å². The monoisotopic (exact) mass is 6020 g/mol. The Balaban J connectivity index is 0. The Morgan fingerprint density at radius 1 is 0.0267 bits per heavy atom. The average Bonchev–Trinajstić information content (AvgIpc) is 0. The predicted octanol–water partition coefficient (Wildman–Crippen LogP) is -15.5. The Bertz CT molecular complexity index is 68.9. The van der Waals surface area contributed by atoms with Crippen LogP contribution in [-0.2, 0) is 274 Å². The van der Waals surface area contributed by atoms with Crippen LogP contribution in [0.4, 0.5) is 0 Å². The minimum absolute atomic E-state index is 0. The molecule has 50 radical (unpaired) electrons. The van der Waals surface area contributed by atoms with Gasteiger partial charge < -0.3 is 274 Å². The molecular weight excluding hydrogens is 6020 g/mol. The van der Waals surface area contributed by atoms with Gasteiger partial charge >= 0.3 is 655 Å². The van der Waals surface area contributed by atoms with Crippen molar-refractivity contribution in [2.75, 3.05) is 0 Å². The summed E-state index contributed by atoms with van der Waals surface area (Å²) in [5.74, 6) is 0. The van der Waals surface area contributed by atoms with Crippen molar-refractivity contribution in [3.63, 3.8) is 0 Å². The third-order valence-electron chi connectivity index (χ3n) is 0. The predicted molar refractivity (Wildman–Crippen MR) is 178 cm³/mol. The summed E-state index contributed by atoms with van der Waals surface area (Å²) >= 11 is 0. The van der Waals surface area contributed by atoms with Gasteiger partial charge in [-0.1, -0.05) is 0 Å². The summed E-state index contributed by atoms with van der Waals surface area (Å²) in [5, 5.41) is 0. The molecule has 75 heteroatoms. The van der Waals surface area contributed by atoms with Crippen molar-refractivity contribution in [1.29, 1.82) is 0 Å². The summed E-state index contributed by atoms with van der Waals surface area (Å²) in [6, 6.07) is 0. The van der Waals surface area contributed by atoms with E-state index in [0.717, 1.165) is 0 Å². The molecule has 0 aliphatic carbocycles. The second kappa shape index (κ2) is 2020. The van der Waals surface area contributed by atoms with Crippen molar-refractivity contribution in [1.82, 2.24) is 0 Å². The smallest absolute Gasteiger partial charge is 2.00 e. The molecule has 0 aromatic heterocycles. The van der Waals surface area contributed by atoms with E-state index in [1.165, 1.54) is 0 Å². The van der Waals surface area contributed by atoms with Gasteiger partial charge in [-0.3, -0.25) is 0 Å². The van der Waals surface area contributed by atoms with Crippen LogP contribution in [0.5, 0.6) is 0 Å². The molecule has 0 spiro atoms. The van der Waals surface area contributed by atoms with Crippen LogP contribution in [0.3, 0.4) is 0 Å². The van der Waals surface area contributed by atoms with E-state index < -0.39 is 0 Å². The van der Waals surface area contributed by atoms with Crippen LogP contribution in [0, 0.1) is 0 Å². The molecule has 75 heavy (non-hydrogen) atoms. The maximum atomic E-state index is 0. The first-order chi connectivity index (χ1) is 0. The Hall–Kier alpha value is 20.1. The number of rotatable bonds is 0. The molecule has 0 rings (SSSR count). The molecule has 0 aliphatic rings. The van der Waals surface area contributed by atoms with Crippen molar-refractivity contribution in [3.05, 3.63) is 0 Å². The largest absolute Gasteiger partial charge is 3.00 e. The standard InChI is InChI=1S/25Bi.50O/q25*+3;50*-2. The summed E-state index contributed by atoms with van der Waals surface area (Å²) in [4.78, 5) is 0. The van der Waals surface area contributed by atoms with Gasteiger partial charge in [0, 0.05) is 0 Å². The molecule has 0 bridgehead atoms. The summed E-state index contributed by atoms with van der Waals surface area (Å²) in [5.41, 5.74) is 0. The molecule has 0 saturated carbocycles. The first-order valence-corrected chi connectivity index (χ1v) is 0. The second-order valence-electron chi connectivity index (χ2n) is 0. The molecule has 450 valence electrons. The van der Waals surface area contributed by atoms with Gasteiger partial charge in [0.25, 0.3) is 0 Å². The maximum Gasteiger partial charge on any atom is 3.00 e. The molecule has 0 aromatic carbocycles. The second-order valence-corrected chi connectivity index (χ2v) is 0. The van der Waals surface area contributed by atoms with E-state index in [0.29, 0.717) is 0 Å². The number of hydrogen-bond acceptors (Lipinski definition) is 0. The van der Waals surface area contributed by atoms with Gasteiger partial charge in [-0.25, -0.2) is 0 Å². The Morgan fingerprint density at radius 3 is 0.0267 bits per heavy atom. The molecule has 0 aliphatic heterocycles. The average molecular weight is 6020 g/mol. The fraction of sp³-hybridized carbons (Fsp3) is 0. The van der Waals surface area contributed by atoms with Crippen molar-refractivity contribution in [2.45, 2.75) is 0 Å². The van der Waals surface area contributed by atoms with Gasteiger partial charge in [-0.05, 0) is 0 Å². The Kier molecular flexibility index (Phi) is 56300. The molecule has 0 atom stereocenters. The van der Waals surface area contributed by atoms with Crippen LogP contribution in [0.1, 0.15) is 0 Å². The summed E-state index contributed by atoms with van der Waals surface area (Å²) in [6.07, 6.45) is 0. The molecule has 50 nitrogen and oxygen atoms in total. The molecule has 0 saturated heterocycles. The van der Waals surface area contributed by atoms with Gasteiger partial charge in [0.05, 0.1) is 0 Å². The van der Waals surface area contributed by atoms with Crippen molar-refractivity contribution < 1.29 is 274 Å². The maximum absolute atomic E-state index is 0. The normalized spacial score (nSPS) is 0. The Labute approximate surface area is 907 Å². The van der Waals surface area contributed by atoms with E-state index in [-0.39, 0.29) is 929 Å². The van der Waals surface area contributed by atoms with Gasteiger partial charge in [-0.15, -0.1) is 0 Å². The van der Waals surface area contributed by atoms with Crippen molar-refractivity contribution in [3.8, 4) is 0 Å². The zero-order valence-corrected chi connectivity index (χ0v) is 119. The molecule has 0 heterocycles. The van der Waals surface area contributed by atoms with Gasteiger partial charge in [0.1, 0.15) is 0 Å². The van der Waals surface area contributed by atoms with Crippen molar-refractivity contribution in [2.24, 2.45) is 0 Å². The molecule has 0 unspecified atom stereocenters. The fourth-order valence-corrected chi connectivity index (χ4v) is 0. The summed E-state index contributed by atoms with van der Waals surface area (Å²) < 4.78 is 0. The van der Waals surface area contributed by atoms with E-state index in [1.807, 2.05) is 0 Å². The van der Waals surface area contributed by atoms with E-state index in [2.05, 4.69) is 0 Å². The van der Waals surface area contributed by atoms with Crippen molar-refractivity contribution >= 4 is 655 Å². The van der Waals surface area contributed by atoms with Gasteiger partial charge in [-0.2, -0.15) is 0 Å². The van der Waals surface area contributed by atoms with Crippen LogP contribution >= 0.6 is 0 Å². The third-order valence-corrected chi connectivity index (χ3v) is 0. The zero-order chi connectivity index (χ0) is 0. The van der Waals surface area contributed by atoms with E-state index >= 15 is 0 Å². The first kappa shape index (κ1) is 2090. The molecular formula is Bi25O50-25. The van der Waals surface area contributed by atoms with Gasteiger partial charge in [0.15, 0.2) is 0 Å². The van der Waals surface area contributed by atoms with Crippen LogP contribution in [0.2, 0.25) is 0 Å². The molecule has 0 aromatic rings. The minimum atomic E-state index is 0. The first-order valence-electron chi connectivity index (χ1n) is 0. The van der Waals surface area contributed by atoms with Gasteiger partial charge in [0.2, 0.25) is 0 Å². The summed E-state index contributed by atoms with van der Waals surface area (Å²) in [6.45, 7) is 0. The number of hydrogen-bond donors (Lipinski definition) is 0. The third kappa shape index (κ3) is 1980. The zero-order valence-electron chi connectivity index (χ0n) is 31.6. The van der Waals surface area contributed by atoms with Crippen LogP contribution < -0.4 is 0 Å². The fourth-order valence-electron chi connectivity index (χ4n) is 0. The summed E-state index contributed by atoms with van der Waals surface area (Å²) in [7, 11) is 0. The molecule has 0 fully saturated rings. The topological polar surface area (TPSA) is 1420 Å². The quantitative estimate of drug-likeness (QED) is 0.204. The molecule has 0 amide bonds. The molecule has 0 N–H and O–H groups in total. The van der Waals surface area contributed by atoms with Crippen LogP contribution in [0.25, 0.3) is 0 Å². The minimum Gasteiger partial charge on any atom is -2.00 e. The van der Waals surface area contributed by atoms with E-state index in [1.54, 1.807) is 0 Å². The SMILES string of the molecule is [Bi+3].[Bi+3].[Bi+3].[Bi+3].[Bi+3].[Bi+3].[Bi+3].[Bi+3].[Bi+3].[Bi+3].[Bi+3].[Bi+3].[Bi+3].[Bi+3].[Bi+3].[Bi+3].[Bi+3].[Bi+3].[Bi+3].[Bi+3].[Bi+3].[Bi+3].[Bi+3].[Bi+3].[Bi+3].[O-2].[O-2].[O-2].[O-2].[O-2].[O-2].[O-2].[O-2].[O-2].[O-2].[O-2].[O-2].[O-2].[O-2].[O-2].[O-2].[O-2].[O-2].[O-2].[O-2].[O-2].[O-2].[O-2].[O-2].[O-2].[O-2].[O-2].[O-2].[O-2].[O-2].[O-2].[O-2].[O-2].[O-2].[O-2].[O-2].[O-2].[O-2].[O-2].[O-2].[O-2].[O-2].[O-2].[O-2].[O-2].[O-2].[O-2].[O-2].[O-2].[O-2]. The Morgan fingerprint density at radius 2 is 0.0267 bits per heavy atom.